The first-order valence-corrected chi connectivity index (χ1v) is 20.9. The van der Waals surface area contributed by atoms with Gasteiger partial charge in [-0.25, -0.2) is 0 Å². The Morgan fingerprint density at radius 2 is 1.00 bits per heavy atom. The fourth-order valence-corrected chi connectivity index (χ4v) is 22.2. The SMILES string of the molecule is C1=CC[C]([Zr+2](=[C](CC2CCCC2)CC2CCCC2)[CH]2C3C=CC=CC3C3C4C=CC=CC4C4C=CC=CC4C32)=C1.[Cl-].[Cl-]. The Balaban J connectivity index is 0.00000158. The van der Waals surface area contributed by atoms with Crippen molar-refractivity contribution < 1.29 is 46.1 Å². The van der Waals surface area contributed by atoms with Gasteiger partial charge in [0.25, 0.3) is 0 Å². The van der Waals surface area contributed by atoms with Crippen molar-refractivity contribution >= 4 is 3.21 Å². The van der Waals surface area contributed by atoms with E-state index in [-0.39, 0.29) is 24.8 Å². The zero-order valence-corrected chi connectivity index (χ0v) is 29.0. The van der Waals surface area contributed by atoms with Crippen LogP contribution < -0.4 is 24.8 Å². The van der Waals surface area contributed by atoms with Gasteiger partial charge in [-0.2, -0.15) is 0 Å². The molecule has 0 aromatic rings. The van der Waals surface area contributed by atoms with Crippen LogP contribution in [0, 0.1) is 59.2 Å². The van der Waals surface area contributed by atoms with Gasteiger partial charge in [0.05, 0.1) is 0 Å². The van der Waals surface area contributed by atoms with Crippen molar-refractivity contribution in [1.82, 2.24) is 0 Å². The van der Waals surface area contributed by atoms with Crippen molar-refractivity contribution in [1.29, 1.82) is 0 Å². The van der Waals surface area contributed by atoms with E-state index in [0.29, 0.717) is 17.8 Å². The quantitative estimate of drug-likeness (QED) is 0.400. The average molecular weight is 679 g/mol. The van der Waals surface area contributed by atoms with Gasteiger partial charge in [-0.05, 0) is 0 Å². The molecule has 9 atom stereocenters. The summed E-state index contributed by atoms with van der Waals surface area (Å²) in [5.74, 6) is 7.88. The molecule has 8 rings (SSSR count). The number of fused-ring (bicyclic) bond motifs is 8. The molecule has 0 N–H and O–H groups in total. The number of hydrogen-bond donors (Lipinski definition) is 0. The van der Waals surface area contributed by atoms with Gasteiger partial charge in [0.2, 0.25) is 0 Å². The molecule has 0 nitrogen and oxygen atoms in total. The topological polar surface area (TPSA) is 0 Å². The van der Waals surface area contributed by atoms with Crippen LogP contribution in [0.2, 0.25) is 3.63 Å². The van der Waals surface area contributed by atoms with Crippen molar-refractivity contribution in [2.75, 3.05) is 0 Å². The molecule has 0 saturated heterocycles. The maximum atomic E-state index is 2.73. The van der Waals surface area contributed by atoms with Gasteiger partial charge >= 0.3 is 252 Å². The Morgan fingerprint density at radius 3 is 1.50 bits per heavy atom. The zero-order chi connectivity index (χ0) is 26.5. The molecule has 0 aromatic heterocycles. The molecule has 0 radical (unpaired) electrons. The largest absolute Gasteiger partial charge is 1.00 e. The zero-order valence-electron chi connectivity index (χ0n) is 25.0. The van der Waals surface area contributed by atoms with E-state index in [4.69, 9.17) is 0 Å². The summed E-state index contributed by atoms with van der Waals surface area (Å²) in [7, 11) is 0. The van der Waals surface area contributed by atoms with E-state index in [9.17, 15) is 0 Å². The number of rotatable bonds is 6. The summed E-state index contributed by atoms with van der Waals surface area (Å²) in [6, 6.07) is 0. The smallest absolute Gasteiger partial charge is 1.00 e. The molecule has 0 aliphatic heterocycles. The molecule has 8 aliphatic rings. The van der Waals surface area contributed by atoms with Crippen LogP contribution >= 0.6 is 0 Å². The van der Waals surface area contributed by atoms with E-state index in [0.717, 1.165) is 45.1 Å². The molecule has 4 fully saturated rings. The third-order valence-electron chi connectivity index (χ3n) is 12.6. The van der Waals surface area contributed by atoms with Crippen LogP contribution in [0.4, 0.5) is 0 Å². The minimum absolute atomic E-state index is 0. The number of hydrogen-bond acceptors (Lipinski definition) is 0. The first kappa shape index (κ1) is 31.2. The Morgan fingerprint density at radius 1 is 0.548 bits per heavy atom. The van der Waals surface area contributed by atoms with E-state index < -0.39 is 21.3 Å². The van der Waals surface area contributed by atoms with Crippen LogP contribution in [0.1, 0.15) is 70.6 Å². The predicted molar refractivity (Wildman–Crippen MR) is 167 cm³/mol. The Hall–Kier alpha value is -0.747. The number of halogens is 2. The maximum Gasteiger partial charge on any atom is -1.00 e. The second kappa shape index (κ2) is 13.7. The molecule has 0 aromatic carbocycles. The van der Waals surface area contributed by atoms with Crippen LogP contribution in [0.5, 0.6) is 0 Å². The van der Waals surface area contributed by atoms with Gasteiger partial charge < -0.3 is 24.8 Å². The second-order valence-corrected chi connectivity index (χ2v) is 21.5. The summed E-state index contributed by atoms with van der Waals surface area (Å²) >= 11 is -2.17. The first-order chi connectivity index (χ1) is 19.9. The summed E-state index contributed by atoms with van der Waals surface area (Å²) < 4.78 is 5.08. The van der Waals surface area contributed by atoms with Gasteiger partial charge in [0.1, 0.15) is 0 Å². The summed E-state index contributed by atoms with van der Waals surface area (Å²) in [5.41, 5.74) is 0. The van der Waals surface area contributed by atoms with E-state index >= 15 is 0 Å². The standard InChI is InChI=1S/C21H21.C13H22.C5H5.2ClH.Zr/c1-2-8-15-14(7-1)13-20-18-11-4-3-9-16(18)17-10-5-6-12-19(17)21(15)20;1-2-7-12(6-1)10-5-11-13-8-3-4-9-13;1-2-4-5-3-1;;;/h1-21H;12-13H,1-4,6-11H2;1-3H,4H2;2*1H;/q;;;;;+2/p-2. The monoisotopic (exact) mass is 676 g/mol. The fraction of sp³-hybridized carbons (Fsp3) is 0.564. The predicted octanol–water partition coefficient (Wildman–Crippen LogP) is 3.91. The van der Waals surface area contributed by atoms with E-state index in [1.165, 1.54) is 70.6 Å². The normalized spacial score (nSPS) is 38.6. The molecule has 3 heteroatoms. The maximum absolute atomic E-state index is 2.73. The average Bonchev–Trinajstić information content (AvgIpc) is 3.82. The molecule has 0 bridgehead atoms. The van der Waals surface area contributed by atoms with Crippen molar-refractivity contribution in [3.8, 4) is 0 Å². The van der Waals surface area contributed by atoms with E-state index in [2.05, 4.69) is 94.3 Å². The molecule has 8 aliphatic carbocycles. The van der Waals surface area contributed by atoms with Crippen molar-refractivity contribution in [2.24, 2.45) is 59.2 Å². The second-order valence-electron chi connectivity index (χ2n) is 14.5. The van der Waals surface area contributed by atoms with Crippen molar-refractivity contribution in [2.45, 2.75) is 74.3 Å². The van der Waals surface area contributed by atoms with Gasteiger partial charge in [0, 0.05) is 0 Å². The molecular weight excluding hydrogens is 631 g/mol. The van der Waals surface area contributed by atoms with Crippen LogP contribution in [0.25, 0.3) is 0 Å². The van der Waals surface area contributed by atoms with Crippen LogP contribution in [-0.2, 0) is 21.3 Å². The number of allylic oxidation sites excluding steroid dienone is 16. The third kappa shape index (κ3) is 5.60. The van der Waals surface area contributed by atoms with Gasteiger partial charge in [-0.15, -0.1) is 0 Å². The van der Waals surface area contributed by atoms with Gasteiger partial charge in [-0.3, -0.25) is 0 Å². The van der Waals surface area contributed by atoms with Gasteiger partial charge in [-0.1, -0.05) is 0 Å². The summed E-state index contributed by atoms with van der Waals surface area (Å²) in [4.78, 5) is 0. The van der Waals surface area contributed by atoms with Crippen LogP contribution in [0.3, 0.4) is 0 Å². The molecule has 4 saturated carbocycles. The summed E-state index contributed by atoms with van der Waals surface area (Å²) in [5, 5.41) is 0. The van der Waals surface area contributed by atoms with Gasteiger partial charge in [0.15, 0.2) is 0 Å². The van der Waals surface area contributed by atoms with Crippen LogP contribution in [0.15, 0.2) is 94.4 Å². The van der Waals surface area contributed by atoms with Crippen molar-refractivity contribution in [3.05, 3.63) is 94.4 Å². The summed E-state index contributed by atoms with van der Waals surface area (Å²) in [6.07, 6.45) is 54.3. The van der Waals surface area contributed by atoms with Crippen LogP contribution in [-0.4, -0.2) is 3.21 Å². The van der Waals surface area contributed by atoms with Crippen molar-refractivity contribution in [3.63, 3.8) is 0 Å². The molecule has 0 heterocycles. The third-order valence-corrected chi connectivity index (χ3v) is 21.6. The Kier molecular flexibility index (Phi) is 10.2. The molecule has 0 spiro atoms. The first-order valence-electron chi connectivity index (χ1n) is 17.0. The molecule has 42 heavy (non-hydrogen) atoms. The van der Waals surface area contributed by atoms with E-state index in [1.807, 2.05) is 3.28 Å². The minimum atomic E-state index is -2.17. The molecule has 222 valence electrons. The molecular formula is C39H48Cl2Zr. The fourth-order valence-electron chi connectivity index (χ4n) is 11.1. The molecule has 9 unspecified atom stereocenters. The Bertz CT molecular complexity index is 1240. The minimum Gasteiger partial charge on any atom is -1.00 e. The van der Waals surface area contributed by atoms with E-state index in [1.54, 1.807) is 0 Å². The molecule has 0 amide bonds. The Labute approximate surface area is 275 Å². The summed E-state index contributed by atoms with van der Waals surface area (Å²) in [6.45, 7) is 0.